The Hall–Kier alpha value is -1.39. The molecule has 1 aromatic rings. The summed E-state index contributed by atoms with van der Waals surface area (Å²) in [6.07, 6.45) is 4.67. The standard InChI is InChI=1S/C18H26N2O2/c1-19(2)12-18(22)8-9-20(13-18)17(21)11-14-6-7-15-4-3-5-16(15)10-14/h6-7,10,22H,3-5,8-9,11-13H2,1-2H3/t18-/m1/s1. The first kappa shape index (κ1) is 15.5. The average molecular weight is 302 g/mol. The molecule has 1 amide bonds. The van der Waals surface area contributed by atoms with E-state index in [1.54, 1.807) is 0 Å². The maximum absolute atomic E-state index is 12.5. The topological polar surface area (TPSA) is 43.8 Å². The second-order valence-corrected chi connectivity index (χ2v) is 7.16. The lowest BCUT2D eigenvalue weighted by atomic mass is 10.0. The van der Waals surface area contributed by atoms with Crippen molar-refractivity contribution in [2.45, 2.75) is 37.7 Å². The highest BCUT2D eigenvalue weighted by Gasteiger charge is 2.38. The van der Waals surface area contributed by atoms with Gasteiger partial charge in [0, 0.05) is 13.1 Å². The van der Waals surface area contributed by atoms with E-state index >= 15 is 0 Å². The van der Waals surface area contributed by atoms with Crippen LogP contribution in [0.25, 0.3) is 0 Å². The summed E-state index contributed by atoms with van der Waals surface area (Å²) in [4.78, 5) is 16.3. The van der Waals surface area contributed by atoms with Crippen molar-refractivity contribution in [3.63, 3.8) is 0 Å². The maximum Gasteiger partial charge on any atom is 0.227 e. The van der Waals surface area contributed by atoms with E-state index in [4.69, 9.17) is 0 Å². The number of nitrogens with zero attached hydrogens (tertiary/aromatic N) is 2. The molecule has 4 heteroatoms. The molecule has 1 fully saturated rings. The lowest BCUT2D eigenvalue weighted by molar-refractivity contribution is -0.130. The number of aliphatic hydroxyl groups is 1. The summed E-state index contributed by atoms with van der Waals surface area (Å²) >= 11 is 0. The van der Waals surface area contributed by atoms with E-state index < -0.39 is 5.60 Å². The van der Waals surface area contributed by atoms with Gasteiger partial charge in [0.05, 0.1) is 18.6 Å². The number of hydrogen-bond donors (Lipinski definition) is 1. The minimum Gasteiger partial charge on any atom is -0.387 e. The Morgan fingerprint density at radius 3 is 2.86 bits per heavy atom. The van der Waals surface area contributed by atoms with Crippen molar-refractivity contribution < 1.29 is 9.90 Å². The molecule has 0 spiro atoms. The third-order valence-electron chi connectivity index (χ3n) is 4.81. The maximum atomic E-state index is 12.5. The minimum absolute atomic E-state index is 0.132. The first-order valence-electron chi connectivity index (χ1n) is 8.21. The fourth-order valence-corrected chi connectivity index (χ4v) is 3.81. The zero-order valence-electron chi connectivity index (χ0n) is 13.6. The Morgan fingerprint density at radius 2 is 2.09 bits per heavy atom. The van der Waals surface area contributed by atoms with Crippen LogP contribution in [-0.2, 0) is 24.1 Å². The molecular formula is C18H26N2O2. The lowest BCUT2D eigenvalue weighted by Gasteiger charge is -2.26. The van der Waals surface area contributed by atoms with Gasteiger partial charge in [0.1, 0.15) is 0 Å². The van der Waals surface area contributed by atoms with Crippen LogP contribution in [0.15, 0.2) is 18.2 Å². The normalized spacial score (nSPS) is 24.1. The molecule has 0 bridgehead atoms. The van der Waals surface area contributed by atoms with Gasteiger partial charge in [0.25, 0.3) is 0 Å². The van der Waals surface area contributed by atoms with Crippen LogP contribution in [-0.4, -0.2) is 60.1 Å². The number of benzene rings is 1. The summed E-state index contributed by atoms with van der Waals surface area (Å²) in [5.74, 6) is 0.132. The summed E-state index contributed by atoms with van der Waals surface area (Å²) in [5.41, 5.74) is 3.21. The smallest absolute Gasteiger partial charge is 0.227 e. The van der Waals surface area contributed by atoms with E-state index in [1.807, 2.05) is 23.9 Å². The molecule has 1 heterocycles. The minimum atomic E-state index is -0.753. The average Bonchev–Trinajstić information content (AvgIpc) is 3.04. The molecule has 1 aromatic carbocycles. The van der Waals surface area contributed by atoms with Gasteiger partial charge in [0.15, 0.2) is 0 Å². The Kier molecular flexibility index (Phi) is 4.24. The number of carbonyl (C=O) groups excluding carboxylic acids is 1. The largest absolute Gasteiger partial charge is 0.387 e. The van der Waals surface area contributed by atoms with Gasteiger partial charge in [0.2, 0.25) is 5.91 Å². The first-order valence-corrected chi connectivity index (χ1v) is 8.21. The van der Waals surface area contributed by atoms with E-state index in [0.717, 1.165) is 12.0 Å². The van der Waals surface area contributed by atoms with Gasteiger partial charge in [-0.1, -0.05) is 18.2 Å². The Bertz CT molecular complexity index is 570. The predicted octanol–water partition coefficient (Wildman–Crippen LogP) is 1.24. The number of likely N-dealkylation sites (N-methyl/N-ethyl adjacent to an activating group) is 1. The van der Waals surface area contributed by atoms with Gasteiger partial charge >= 0.3 is 0 Å². The highest BCUT2D eigenvalue weighted by molar-refractivity contribution is 5.79. The molecule has 1 aliphatic carbocycles. The molecule has 4 nitrogen and oxygen atoms in total. The van der Waals surface area contributed by atoms with Crippen LogP contribution in [0.1, 0.15) is 29.5 Å². The van der Waals surface area contributed by atoms with Gasteiger partial charge in [-0.25, -0.2) is 0 Å². The number of carbonyl (C=O) groups is 1. The van der Waals surface area contributed by atoms with Crippen molar-refractivity contribution in [3.8, 4) is 0 Å². The fraction of sp³-hybridized carbons (Fsp3) is 0.611. The van der Waals surface area contributed by atoms with Crippen molar-refractivity contribution in [2.75, 3.05) is 33.7 Å². The van der Waals surface area contributed by atoms with E-state index in [9.17, 15) is 9.90 Å². The van der Waals surface area contributed by atoms with Gasteiger partial charge in [-0.05, 0) is 56.5 Å². The zero-order chi connectivity index (χ0) is 15.7. The molecule has 120 valence electrons. The molecule has 1 aliphatic heterocycles. The summed E-state index contributed by atoms with van der Waals surface area (Å²) in [7, 11) is 3.90. The van der Waals surface area contributed by atoms with Crippen LogP contribution in [0.2, 0.25) is 0 Å². The van der Waals surface area contributed by atoms with Crippen molar-refractivity contribution in [2.24, 2.45) is 0 Å². The summed E-state index contributed by atoms with van der Waals surface area (Å²) in [6.45, 7) is 1.72. The number of hydrogen-bond acceptors (Lipinski definition) is 3. The molecule has 1 N–H and O–H groups in total. The van der Waals surface area contributed by atoms with E-state index in [2.05, 4.69) is 18.2 Å². The van der Waals surface area contributed by atoms with E-state index in [-0.39, 0.29) is 5.91 Å². The molecule has 2 aliphatic rings. The summed E-state index contributed by atoms with van der Waals surface area (Å²) in [5, 5.41) is 10.5. The molecule has 22 heavy (non-hydrogen) atoms. The third-order valence-corrected chi connectivity index (χ3v) is 4.81. The molecule has 1 atom stereocenters. The highest BCUT2D eigenvalue weighted by Crippen LogP contribution is 2.25. The van der Waals surface area contributed by atoms with Crippen LogP contribution < -0.4 is 0 Å². The molecule has 0 unspecified atom stereocenters. The lowest BCUT2D eigenvalue weighted by Crippen LogP contribution is -2.43. The van der Waals surface area contributed by atoms with Crippen molar-refractivity contribution in [1.29, 1.82) is 0 Å². The Labute approximate surface area is 132 Å². The third kappa shape index (κ3) is 3.33. The van der Waals surface area contributed by atoms with Crippen molar-refractivity contribution in [1.82, 2.24) is 9.80 Å². The second-order valence-electron chi connectivity index (χ2n) is 7.16. The second kappa shape index (κ2) is 6.01. The Morgan fingerprint density at radius 1 is 1.32 bits per heavy atom. The fourth-order valence-electron chi connectivity index (χ4n) is 3.81. The van der Waals surface area contributed by atoms with Crippen molar-refractivity contribution >= 4 is 5.91 Å². The van der Waals surface area contributed by atoms with Crippen LogP contribution in [0.4, 0.5) is 0 Å². The summed E-state index contributed by atoms with van der Waals surface area (Å²) < 4.78 is 0. The van der Waals surface area contributed by atoms with Gasteiger partial charge in [-0.2, -0.15) is 0 Å². The van der Waals surface area contributed by atoms with Crippen molar-refractivity contribution in [3.05, 3.63) is 34.9 Å². The molecule has 0 radical (unpaired) electrons. The van der Waals surface area contributed by atoms with Gasteiger partial charge < -0.3 is 14.9 Å². The number of β-amino-alcohol motifs (C(OH)–C–C–N with tert-alkyl or cyclic N) is 1. The monoisotopic (exact) mass is 302 g/mol. The number of aryl methyl sites for hydroxylation is 2. The van der Waals surface area contributed by atoms with Gasteiger partial charge in [-0.15, -0.1) is 0 Å². The highest BCUT2D eigenvalue weighted by atomic mass is 16.3. The van der Waals surface area contributed by atoms with E-state index in [0.29, 0.717) is 32.5 Å². The zero-order valence-corrected chi connectivity index (χ0v) is 13.6. The Balaban J connectivity index is 1.61. The molecular weight excluding hydrogens is 276 g/mol. The molecule has 0 saturated carbocycles. The molecule has 1 saturated heterocycles. The number of rotatable bonds is 4. The van der Waals surface area contributed by atoms with Crippen LogP contribution in [0.3, 0.4) is 0 Å². The van der Waals surface area contributed by atoms with E-state index in [1.165, 1.54) is 24.0 Å². The number of fused-ring (bicyclic) bond motifs is 1. The van der Waals surface area contributed by atoms with Crippen LogP contribution in [0.5, 0.6) is 0 Å². The van der Waals surface area contributed by atoms with Crippen LogP contribution in [0, 0.1) is 0 Å². The first-order chi connectivity index (χ1) is 10.5. The van der Waals surface area contributed by atoms with Gasteiger partial charge in [-0.3, -0.25) is 4.79 Å². The molecule has 0 aromatic heterocycles. The SMILES string of the molecule is CN(C)C[C@]1(O)CCN(C(=O)Cc2ccc3c(c2)CCC3)C1. The quantitative estimate of drug-likeness (QED) is 0.910. The predicted molar refractivity (Wildman–Crippen MR) is 86.9 cm³/mol. The number of amides is 1. The summed E-state index contributed by atoms with van der Waals surface area (Å²) in [6, 6.07) is 6.46. The molecule has 3 rings (SSSR count). The number of likely N-dealkylation sites (tertiary alicyclic amines) is 1. The van der Waals surface area contributed by atoms with Crippen LogP contribution >= 0.6 is 0 Å².